The van der Waals surface area contributed by atoms with Gasteiger partial charge in [0.25, 0.3) is 11.8 Å². The van der Waals surface area contributed by atoms with Gasteiger partial charge in [0.2, 0.25) is 0 Å². The number of benzene rings is 3. The number of anilines is 2. The van der Waals surface area contributed by atoms with Crippen molar-refractivity contribution in [1.29, 1.82) is 0 Å². The van der Waals surface area contributed by atoms with E-state index in [-0.39, 0.29) is 30.5 Å². The molecule has 8 nitrogen and oxygen atoms in total. The molecule has 0 bridgehead atoms. The van der Waals surface area contributed by atoms with Crippen molar-refractivity contribution in [2.45, 2.75) is 20.0 Å². The fraction of sp³-hybridized carbons (Fsp3) is 0.219. The monoisotopic (exact) mass is 625 g/mol. The zero-order valence-electron chi connectivity index (χ0n) is 24.0. The number of carbonyl (C=O) groups excluding carboxylic acids is 2. The molecule has 1 aliphatic heterocycles. The molecule has 0 aliphatic carbocycles. The van der Waals surface area contributed by atoms with Crippen molar-refractivity contribution < 1.29 is 37.0 Å². The van der Waals surface area contributed by atoms with Crippen molar-refractivity contribution in [3.05, 3.63) is 96.2 Å². The Labute approximate surface area is 258 Å². The van der Waals surface area contributed by atoms with Crippen LogP contribution in [0.3, 0.4) is 0 Å². The Morgan fingerprint density at radius 1 is 0.977 bits per heavy atom. The van der Waals surface area contributed by atoms with Gasteiger partial charge in [0.05, 0.1) is 18.8 Å². The molecule has 4 rings (SSSR count). The minimum atomic E-state index is -4.54. The topological polar surface area (TPSA) is 80.3 Å². The van der Waals surface area contributed by atoms with Crippen molar-refractivity contribution in [2.24, 2.45) is 0 Å². The quantitative estimate of drug-likeness (QED) is 0.137. The summed E-state index contributed by atoms with van der Waals surface area (Å²) in [4.78, 5) is 29.0. The molecule has 230 valence electrons. The summed E-state index contributed by atoms with van der Waals surface area (Å²) in [6, 6.07) is 16.4. The molecule has 44 heavy (non-hydrogen) atoms. The maximum Gasteiger partial charge on any atom is 0.416 e. The molecule has 12 heteroatoms. The number of thiocarbonyl (C=S) groups is 1. The second-order valence-corrected chi connectivity index (χ2v) is 9.70. The summed E-state index contributed by atoms with van der Waals surface area (Å²) >= 11 is 5.66. The molecule has 1 heterocycles. The Morgan fingerprint density at radius 2 is 1.70 bits per heavy atom. The van der Waals surface area contributed by atoms with E-state index in [2.05, 4.69) is 11.9 Å². The summed E-state index contributed by atoms with van der Waals surface area (Å²) in [6.45, 7) is 7.93. The van der Waals surface area contributed by atoms with Gasteiger partial charge in [0.15, 0.2) is 23.2 Å². The molecule has 0 saturated carbocycles. The van der Waals surface area contributed by atoms with Gasteiger partial charge in [-0.3, -0.25) is 19.4 Å². The molecular weight excluding hydrogens is 595 g/mol. The van der Waals surface area contributed by atoms with Gasteiger partial charge in [-0.1, -0.05) is 18.2 Å². The Morgan fingerprint density at radius 3 is 2.36 bits per heavy atom. The first-order chi connectivity index (χ1) is 21.0. The van der Waals surface area contributed by atoms with Crippen molar-refractivity contribution in [3.8, 4) is 17.2 Å². The molecule has 0 spiro atoms. The summed E-state index contributed by atoms with van der Waals surface area (Å²) in [5.74, 6) is 0.252. The first kappa shape index (κ1) is 32.1. The maximum absolute atomic E-state index is 13.4. The second-order valence-electron chi connectivity index (χ2n) is 9.33. The van der Waals surface area contributed by atoms with Gasteiger partial charge in [-0.25, -0.2) is 0 Å². The van der Waals surface area contributed by atoms with E-state index in [1.165, 1.54) is 17.0 Å². The molecule has 1 N–H and O–H groups in total. The largest absolute Gasteiger partial charge is 0.494 e. The van der Waals surface area contributed by atoms with E-state index in [0.717, 1.165) is 12.1 Å². The standard InChI is InChI=1S/C32H30F3N3O5S/c1-4-16-37-30(40)26(38(31(37)44)24-11-13-25(14-12-24)41-5-2)17-21-10-15-27(28(18-21)42-6-3)43-20-29(39)36-23-9-7-8-22(19-23)32(33,34)35/h4,7-15,17-19H,1,5-6,16,20H2,2-3H3,(H,36,39). The predicted octanol–water partition coefficient (Wildman–Crippen LogP) is 6.68. The Hall–Kier alpha value is -4.84. The van der Waals surface area contributed by atoms with Crippen molar-refractivity contribution in [3.63, 3.8) is 0 Å². The van der Waals surface area contributed by atoms with E-state index in [0.29, 0.717) is 40.2 Å². The smallest absolute Gasteiger partial charge is 0.416 e. The number of nitrogens with one attached hydrogen (secondary N) is 1. The van der Waals surface area contributed by atoms with Crippen LogP contribution in [0, 0.1) is 0 Å². The maximum atomic E-state index is 13.4. The number of carbonyl (C=O) groups is 2. The number of rotatable bonds is 12. The van der Waals surface area contributed by atoms with Crippen molar-refractivity contribution in [2.75, 3.05) is 36.6 Å². The number of ether oxygens (including phenoxy) is 3. The Bertz CT molecular complexity index is 1570. The highest BCUT2D eigenvalue weighted by Gasteiger charge is 2.38. The van der Waals surface area contributed by atoms with E-state index in [9.17, 15) is 22.8 Å². The summed E-state index contributed by atoms with van der Waals surface area (Å²) in [5, 5.41) is 2.69. The lowest BCUT2D eigenvalue weighted by Crippen LogP contribution is -2.32. The van der Waals surface area contributed by atoms with E-state index in [4.69, 9.17) is 26.4 Å². The van der Waals surface area contributed by atoms with Gasteiger partial charge in [0, 0.05) is 17.9 Å². The summed E-state index contributed by atoms with van der Waals surface area (Å²) in [5.41, 5.74) is 0.674. The number of hydrogen-bond donors (Lipinski definition) is 1. The molecule has 0 radical (unpaired) electrons. The van der Waals surface area contributed by atoms with Crippen LogP contribution in [0.5, 0.6) is 17.2 Å². The number of amides is 2. The SMILES string of the molecule is C=CCN1C(=O)C(=Cc2ccc(OCC(=O)Nc3cccc(C(F)(F)F)c3)c(OCC)c2)N(c2ccc(OCC)cc2)C1=S. The lowest BCUT2D eigenvalue weighted by atomic mass is 10.1. The summed E-state index contributed by atoms with van der Waals surface area (Å²) in [7, 11) is 0. The third-order valence-electron chi connectivity index (χ3n) is 6.25. The lowest BCUT2D eigenvalue weighted by molar-refractivity contribution is -0.137. The molecule has 0 aromatic heterocycles. The third kappa shape index (κ3) is 7.56. The molecule has 3 aromatic rings. The van der Waals surface area contributed by atoms with Crippen LogP contribution >= 0.6 is 12.2 Å². The average molecular weight is 626 g/mol. The normalized spacial score (nSPS) is 14.2. The van der Waals surface area contributed by atoms with Gasteiger partial charge < -0.3 is 19.5 Å². The van der Waals surface area contributed by atoms with Crippen LogP contribution < -0.4 is 24.4 Å². The van der Waals surface area contributed by atoms with Crippen LogP contribution in [0.4, 0.5) is 24.5 Å². The Balaban J connectivity index is 1.56. The zero-order chi connectivity index (χ0) is 31.9. The fourth-order valence-corrected chi connectivity index (χ4v) is 4.70. The predicted molar refractivity (Wildman–Crippen MR) is 166 cm³/mol. The highest BCUT2D eigenvalue weighted by Crippen LogP contribution is 2.34. The Kier molecular flexibility index (Phi) is 10.3. The van der Waals surface area contributed by atoms with Gasteiger partial charge in [-0.15, -0.1) is 6.58 Å². The van der Waals surface area contributed by atoms with Crippen LogP contribution in [0.15, 0.2) is 85.1 Å². The van der Waals surface area contributed by atoms with E-state index >= 15 is 0 Å². The van der Waals surface area contributed by atoms with Gasteiger partial charge >= 0.3 is 6.18 Å². The first-order valence-electron chi connectivity index (χ1n) is 13.6. The summed E-state index contributed by atoms with van der Waals surface area (Å²) < 4.78 is 55.9. The van der Waals surface area contributed by atoms with E-state index in [1.807, 2.05) is 19.1 Å². The van der Waals surface area contributed by atoms with Gasteiger partial charge in [0.1, 0.15) is 11.4 Å². The number of nitrogens with zero attached hydrogens (tertiary/aromatic N) is 2. The van der Waals surface area contributed by atoms with Crippen LogP contribution in [0.1, 0.15) is 25.0 Å². The van der Waals surface area contributed by atoms with E-state index in [1.54, 1.807) is 54.3 Å². The third-order valence-corrected chi connectivity index (χ3v) is 6.65. The van der Waals surface area contributed by atoms with Crippen LogP contribution in [0.25, 0.3) is 6.08 Å². The first-order valence-corrected chi connectivity index (χ1v) is 14.0. The fourth-order valence-electron chi connectivity index (χ4n) is 4.34. The highest BCUT2D eigenvalue weighted by atomic mass is 32.1. The summed E-state index contributed by atoms with van der Waals surface area (Å²) in [6.07, 6.45) is -1.28. The molecular formula is C32H30F3N3O5S. The number of hydrogen-bond acceptors (Lipinski definition) is 6. The molecule has 2 amide bonds. The van der Waals surface area contributed by atoms with Crippen LogP contribution in [0.2, 0.25) is 0 Å². The van der Waals surface area contributed by atoms with Crippen molar-refractivity contribution >= 4 is 46.6 Å². The minimum Gasteiger partial charge on any atom is -0.494 e. The van der Waals surface area contributed by atoms with Crippen LogP contribution in [-0.4, -0.2) is 48.2 Å². The molecule has 1 fully saturated rings. The highest BCUT2D eigenvalue weighted by molar-refractivity contribution is 7.80. The molecule has 0 atom stereocenters. The number of alkyl halides is 3. The van der Waals surface area contributed by atoms with E-state index < -0.39 is 24.3 Å². The van der Waals surface area contributed by atoms with Gasteiger partial charge in [-0.2, -0.15) is 13.2 Å². The molecule has 3 aromatic carbocycles. The molecule has 1 saturated heterocycles. The number of halogens is 3. The average Bonchev–Trinajstić information content (AvgIpc) is 3.21. The second kappa shape index (κ2) is 14.1. The molecule has 1 aliphatic rings. The minimum absolute atomic E-state index is 0.0119. The molecule has 0 unspecified atom stereocenters. The lowest BCUT2D eigenvalue weighted by Gasteiger charge is -2.20. The zero-order valence-corrected chi connectivity index (χ0v) is 24.8. The van der Waals surface area contributed by atoms with Crippen LogP contribution in [-0.2, 0) is 15.8 Å². The van der Waals surface area contributed by atoms with Gasteiger partial charge in [-0.05, 0) is 92.3 Å². The van der Waals surface area contributed by atoms with Crippen molar-refractivity contribution in [1.82, 2.24) is 4.90 Å².